The van der Waals surface area contributed by atoms with Crippen molar-refractivity contribution in [3.8, 4) is 0 Å². The first-order chi connectivity index (χ1) is 12.9. The number of nitrogens with zero attached hydrogens (tertiary/aromatic N) is 1. The van der Waals surface area contributed by atoms with Gasteiger partial charge in [0.25, 0.3) is 11.8 Å². The van der Waals surface area contributed by atoms with Crippen molar-refractivity contribution in [1.82, 2.24) is 5.32 Å². The number of halogens is 1. The summed E-state index contributed by atoms with van der Waals surface area (Å²) >= 11 is 5.03. The molecule has 0 saturated carbocycles. The minimum Gasteiger partial charge on any atom is -0.465 e. The third kappa shape index (κ3) is 3.61. The van der Waals surface area contributed by atoms with E-state index in [1.54, 1.807) is 18.2 Å². The number of esters is 1. The van der Waals surface area contributed by atoms with Gasteiger partial charge < -0.3 is 4.74 Å². The summed E-state index contributed by atoms with van der Waals surface area (Å²) in [6.07, 6.45) is 1.34. The summed E-state index contributed by atoms with van der Waals surface area (Å²) in [5.41, 5.74) is 0.563. The maximum atomic E-state index is 14.1. The molecule has 6 nitrogen and oxygen atoms in total. The van der Waals surface area contributed by atoms with Crippen LogP contribution in [0.2, 0.25) is 0 Å². The van der Waals surface area contributed by atoms with Crippen molar-refractivity contribution in [2.24, 2.45) is 0 Å². The van der Waals surface area contributed by atoms with Crippen LogP contribution in [0.3, 0.4) is 0 Å². The number of para-hydroxylation sites is 1. The van der Waals surface area contributed by atoms with Gasteiger partial charge in [-0.25, -0.2) is 14.1 Å². The van der Waals surface area contributed by atoms with E-state index in [1.807, 2.05) is 0 Å². The molecule has 3 rings (SSSR count). The van der Waals surface area contributed by atoms with E-state index in [0.717, 1.165) is 4.90 Å². The molecule has 8 heteroatoms. The Hall–Kier alpha value is -3.39. The first-order valence-electron chi connectivity index (χ1n) is 7.76. The van der Waals surface area contributed by atoms with Crippen molar-refractivity contribution in [1.29, 1.82) is 0 Å². The summed E-state index contributed by atoms with van der Waals surface area (Å²) in [6.45, 7) is 0. The number of benzene rings is 2. The van der Waals surface area contributed by atoms with Crippen LogP contribution in [0.15, 0.2) is 54.1 Å². The highest BCUT2D eigenvalue weighted by Gasteiger charge is 2.35. The molecule has 27 heavy (non-hydrogen) atoms. The minimum absolute atomic E-state index is 0.0561. The lowest BCUT2D eigenvalue weighted by molar-refractivity contribution is -0.122. The van der Waals surface area contributed by atoms with Gasteiger partial charge in [-0.3, -0.25) is 14.9 Å². The van der Waals surface area contributed by atoms with Crippen molar-refractivity contribution in [2.75, 3.05) is 12.0 Å². The van der Waals surface area contributed by atoms with E-state index in [4.69, 9.17) is 12.2 Å². The monoisotopic (exact) mass is 384 g/mol. The molecule has 0 aromatic heterocycles. The largest absolute Gasteiger partial charge is 0.465 e. The van der Waals surface area contributed by atoms with E-state index >= 15 is 0 Å². The number of hydrogen-bond donors (Lipinski definition) is 1. The fourth-order valence-corrected chi connectivity index (χ4v) is 2.78. The van der Waals surface area contributed by atoms with Crippen molar-refractivity contribution >= 4 is 46.9 Å². The first-order valence-corrected chi connectivity index (χ1v) is 8.17. The molecule has 1 aliphatic heterocycles. The summed E-state index contributed by atoms with van der Waals surface area (Å²) in [5, 5.41) is 2.18. The molecule has 1 fully saturated rings. The number of thiocarbonyl (C=S) groups is 1. The molecular weight excluding hydrogens is 371 g/mol. The molecule has 0 atom stereocenters. The van der Waals surface area contributed by atoms with E-state index < -0.39 is 23.6 Å². The van der Waals surface area contributed by atoms with Gasteiger partial charge in [0.2, 0.25) is 0 Å². The Morgan fingerprint density at radius 1 is 1.15 bits per heavy atom. The second kappa shape index (κ2) is 7.46. The van der Waals surface area contributed by atoms with Crippen LogP contribution in [-0.4, -0.2) is 30.0 Å². The van der Waals surface area contributed by atoms with Crippen LogP contribution >= 0.6 is 12.2 Å². The Morgan fingerprint density at radius 3 is 2.44 bits per heavy atom. The van der Waals surface area contributed by atoms with E-state index in [1.165, 1.54) is 43.5 Å². The van der Waals surface area contributed by atoms with Gasteiger partial charge in [-0.1, -0.05) is 24.3 Å². The number of amides is 2. The predicted molar refractivity (Wildman–Crippen MR) is 100 cm³/mol. The van der Waals surface area contributed by atoms with Gasteiger partial charge >= 0.3 is 5.97 Å². The number of hydrogen-bond acceptors (Lipinski definition) is 5. The maximum absolute atomic E-state index is 14.1. The predicted octanol–water partition coefficient (Wildman–Crippen LogP) is 2.44. The zero-order valence-corrected chi connectivity index (χ0v) is 14.9. The molecule has 2 aromatic rings. The lowest BCUT2D eigenvalue weighted by atomic mass is 10.1. The van der Waals surface area contributed by atoms with Crippen molar-refractivity contribution in [3.05, 3.63) is 71.0 Å². The molecule has 0 radical (unpaired) electrons. The van der Waals surface area contributed by atoms with Crippen molar-refractivity contribution in [2.45, 2.75) is 0 Å². The third-order valence-corrected chi connectivity index (χ3v) is 4.12. The zero-order chi connectivity index (χ0) is 19.6. The van der Waals surface area contributed by atoms with Gasteiger partial charge in [0, 0.05) is 0 Å². The molecule has 0 aliphatic carbocycles. The average molecular weight is 384 g/mol. The maximum Gasteiger partial charge on any atom is 0.337 e. The lowest BCUT2D eigenvalue weighted by Gasteiger charge is -2.29. The fraction of sp³-hybridized carbons (Fsp3) is 0.0526. The Balaban J connectivity index is 1.97. The summed E-state index contributed by atoms with van der Waals surface area (Å²) < 4.78 is 18.7. The minimum atomic E-state index is -0.745. The van der Waals surface area contributed by atoms with Gasteiger partial charge in [0.15, 0.2) is 5.11 Å². The Bertz CT molecular complexity index is 985. The Kier molecular flexibility index (Phi) is 5.09. The third-order valence-electron chi connectivity index (χ3n) is 3.84. The van der Waals surface area contributed by atoms with Crippen molar-refractivity contribution in [3.63, 3.8) is 0 Å². The number of methoxy groups -OCH3 is 1. The summed E-state index contributed by atoms with van der Waals surface area (Å²) in [4.78, 5) is 37.4. The first kappa shape index (κ1) is 18.4. The Morgan fingerprint density at radius 2 is 1.81 bits per heavy atom. The van der Waals surface area contributed by atoms with Crippen LogP contribution in [0.1, 0.15) is 15.9 Å². The topological polar surface area (TPSA) is 75.7 Å². The molecule has 1 aliphatic rings. The molecule has 1 saturated heterocycles. The second-order valence-corrected chi connectivity index (χ2v) is 5.91. The zero-order valence-electron chi connectivity index (χ0n) is 14.1. The van der Waals surface area contributed by atoms with Crippen LogP contribution in [-0.2, 0) is 14.3 Å². The van der Waals surface area contributed by atoms with Gasteiger partial charge in [-0.15, -0.1) is 0 Å². The molecule has 2 amide bonds. The summed E-state index contributed by atoms with van der Waals surface area (Å²) in [6, 6.07) is 11.7. The van der Waals surface area contributed by atoms with Crippen molar-refractivity contribution < 1.29 is 23.5 Å². The number of nitrogens with one attached hydrogen (secondary N) is 1. The number of carbonyl (C=O) groups is 3. The smallest absolute Gasteiger partial charge is 0.337 e. The van der Waals surface area contributed by atoms with E-state index in [-0.39, 0.29) is 16.4 Å². The molecule has 2 aromatic carbocycles. The summed E-state index contributed by atoms with van der Waals surface area (Å²) in [7, 11) is 1.27. The fourth-order valence-electron chi connectivity index (χ4n) is 2.51. The van der Waals surface area contributed by atoms with Crippen LogP contribution < -0.4 is 10.2 Å². The highest BCUT2D eigenvalue weighted by Crippen LogP contribution is 2.24. The van der Waals surface area contributed by atoms with Crippen LogP contribution in [0.25, 0.3) is 6.08 Å². The molecule has 0 bridgehead atoms. The highest BCUT2D eigenvalue weighted by molar-refractivity contribution is 7.80. The van der Waals surface area contributed by atoms with Crippen LogP contribution in [0, 0.1) is 5.82 Å². The number of rotatable bonds is 3. The molecular formula is C19H13FN2O4S. The molecule has 136 valence electrons. The number of ether oxygens (including phenoxy) is 1. The quantitative estimate of drug-likeness (QED) is 0.381. The molecule has 0 unspecified atom stereocenters. The van der Waals surface area contributed by atoms with Gasteiger partial charge in [-0.2, -0.15) is 0 Å². The van der Waals surface area contributed by atoms with Crippen LogP contribution in [0.5, 0.6) is 0 Å². The standard InChI is InChI=1S/C19H13FN2O4S/c1-26-18(25)12-8-6-11(7-9-12)10-13-16(23)21-19(27)22(17(13)24)15-5-3-2-4-14(15)20/h2-10H,1H3,(H,21,23,27)/b13-10-. The van der Waals surface area contributed by atoms with E-state index in [9.17, 15) is 18.8 Å². The summed E-state index contributed by atoms with van der Waals surface area (Å²) in [5.74, 6) is -2.58. The SMILES string of the molecule is COC(=O)c1ccc(/C=C2/C(=O)NC(=S)N(c3ccccc3F)C2=O)cc1. The van der Waals surface area contributed by atoms with E-state index in [0.29, 0.717) is 11.1 Å². The molecule has 0 spiro atoms. The van der Waals surface area contributed by atoms with Crippen LogP contribution in [0.4, 0.5) is 10.1 Å². The lowest BCUT2D eigenvalue weighted by Crippen LogP contribution is -2.54. The van der Waals surface area contributed by atoms with Gasteiger partial charge in [0.1, 0.15) is 11.4 Å². The normalized spacial score (nSPS) is 15.7. The van der Waals surface area contributed by atoms with Gasteiger partial charge in [-0.05, 0) is 48.1 Å². The van der Waals surface area contributed by atoms with Gasteiger partial charge in [0.05, 0.1) is 18.4 Å². The molecule has 1 N–H and O–H groups in total. The number of anilines is 1. The number of carbonyl (C=O) groups excluding carboxylic acids is 3. The van der Waals surface area contributed by atoms with E-state index in [2.05, 4.69) is 10.1 Å². The highest BCUT2D eigenvalue weighted by atomic mass is 32.1. The average Bonchev–Trinajstić information content (AvgIpc) is 2.66. The second-order valence-electron chi connectivity index (χ2n) is 5.52. The molecule has 1 heterocycles. The Labute approximate surface area is 159 Å².